The number of hydrogen-bond donors (Lipinski definition) is 2. The molecule has 0 spiro atoms. The molecule has 0 aliphatic heterocycles. The molecule has 0 radical (unpaired) electrons. The van der Waals surface area contributed by atoms with Crippen molar-refractivity contribution in [3.05, 3.63) is 6.33 Å². The van der Waals surface area contributed by atoms with E-state index in [1.54, 1.807) is 6.92 Å². The second-order valence-corrected chi connectivity index (χ2v) is 5.78. The van der Waals surface area contributed by atoms with Gasteiger partial charge in [0.1, 0.15) is 12.0 Å². The molecule has 0 atom stereocenters. The minimum Gasteiger partial charge on any atom is -0.479 e. The van der Waals surface area contributed by atoms with E-state index in [0.29, 0.717) is 5.82 Å². The highest BCUT2D eigenvalue weighted by atomic mass is 32.2. The molecule has 0 saturated carbocycles. The third kappa shape index (κ3) is 3.74. The van der Waals surface area contributed by atoms with Crippen LogP contribution in [0.25, 0.3) is 0 Å². The van der Waals surface area contributed by atoms with E-state index in [9.17, 15) is 8.42 Å². The molecular weight excluding hydrogens is 244 g/mol. The molecular formula is C9H16N4O3S. The number of rotatable bonds is 6. The molecule has 96 valence electrons. The van der Waals surface area contributed by atoms with Crippen molar-refractivity contribution < 1.29 is 13.2 Å². The highest BCUT2D eigenvalue weighted by molar-refractivity contribution is 7.91. The number of hydrogen-bond acceptors (Lipinski definition) is 7. The Labute approximate surface area is 100 Å². The van der Waals surface area contributed by atoms with E-state index in [1.165, 1.54) is 13.4 Å². The molecule has 8 heteroatoms. The summed E-state index contributed by atoms with van der Waals surface area (Å²) >= 11 is 0. The van der Waals surface area contributed by atoms with Crippen LogP contribution in [-0.4, -0.2) is 43.5 Å². The van der Waals surface area contributed by atoms with Crippen LogP contribution in [0, 0.1) is 0 Å². The van der Waals surface area contributed by atoms with E-state index in [-0.39, 0.29) is 29.6 Å². The van der Waals surface area contributed by atoms with Gasteiger partial charge in [0.2, 0.25) is 5.88 Å². The SMILES string of the molecule is CCS(=O)(=O)CCNc1ncnc(OC)c1N. The summed E-state index contributed by atoms with van der Waals surface area (Å²) in [6, 6.07) is 0. The van der Waals surface area contributed by atoms with Crippen LogP contribution < -0.4 is 15.8 Å². The standard InChI is InChI=1S/C9H16N4O3S/c1-3-17(14,15)5-4-11-8-7(10)9(16-2)13-6-12-8/h6H,3-5,10H2,1-2H3,(H,11,12,13). The number of nitrogens with one attached hydrogen (secondary N) is 1. The average Bonchev–Trinajstić information content (AvgIpc) is 2.31. The first-order valence-electron chi connectivity index (χ1n) is 5.09. The van der Waals surface area contributed by atoms with E-state index in [2.05, 4.69) is 15.3 Å². The van der Waals surface area contributed by atoms with Crippen molar-refractivity contribution in [2.45, 2.75) is 6.92 Å². The minimum absolute atomic E-state index is 0.0370. The van der Waals surface area contributed by atoms with E-state index >= 15 is 0 Å². The number of aromatic nitrogens is 2. The summed E-state index contributed by atoms with van der Waals surface area (Å²) in [5.41, 5.74) is 5.98. The molecule has 0 unspecified atom stereocenters. The van der Waals surface area contributed by atoms with Crippen LogP contribution in [-0.2, 0) is 9.84 Å². The van der Waals surface area contributed by atoms with Crippen LogP contribution in [0.1, 0.15) is 6.92 Å². The van der Waals surface area contributed by atoms with E-state index in [1.807, 2.05) is 0 Å². The molecule has 0 aliphatic carbocycles. The van der Waals surface area contributed by atoms with Gasteiger partial charge in [-0.3, -0.25) is 0 Å². The summed E-state index contributed by atoms with van der Waals surface area (Å²) in [5, 5.41) is 2.84. The van der Waals surface area contributed by atoms with Gasteiger partial charge in [0.25, 0.3) is 0 Å². The molecule has 0 fully saturated rings. The Morgan fingerprint density at radius 3 is 2.76 bits per heavy atom. The second kappa shape index (κ2) is 5.67. The van der Waals surface area contributed by atoms with Gasteiger partial charge in [-0.25, -0.2) is 13.4 Å². The second-order valence-electron chi connectivity index (χ2n) is 3.31. The fourth-order valence-corrected chi connectivity index (χ4v) is 1.85. The van der Waals surface area contributed by atoms with Gasteiger partial charge in [-0.1, -0.05) is 6.92 Å². The fourth-order valence-electron chi connectivity index (χ4n) is 1.15. The topological polar surface area (TPSA) is 107 Å². The lowest BCUT2D eigenvalue weighted by molar-refractivity contribution is 0.399. The monoisotopic (exact) mass is 260 g/mol. The van der Waals surface area contributed by atoms with Crippen molar-refractivity contribution in [1.82, 2.24) is 9.97 Å². The highest BCUT2D eigenvalue weighted by Gasteiger charge is 2.10. The normalized spacial score (nSPS) is 11.2. The molecule has 3 N–H and O–H groups in total. The zero-order valence-electron chi connectivity index (χ0n) is 9.80. The maximum absolute atomic E-state index is 11.3. The third-order valence-electron chi connectivity index (χ3n) is 2.19. The molecule has 0 saturated heterocycles. The smallest absolute Gasteiger partial charge is 0.242 e. The Balaban J connectivity index is 2.64. The summed E-state index contributed by atoms with van der Waals surface area (Å²) in [5.74, 6) is 0.802. The maximum Gasteiger partial charge on any atom is 0.242 e. The molecule has 0 amide bonds. The van der Waals surface area contributed by atoms with Crippen LogP contribution in [0.5, 0.6) is 5.88 Å². The zero-order chi connectivity index (χ0) is 12.9. The van der Waals surface area contributed by atoms with Crippen molar-refractivity contribution in [1.29, 1.82) is 0 Å². The highest BCUT2D eigenvalue weighted by Crippen LogP contribution is 2.23. The van der Waals surface area contributed by atoms with Crippen LogP contribution in [0.3, 0.4) is 0 Å². The number of sulfone groups is 1. The molecule has 1 aromatic heterocycles. The van der Waals surface area contributed by atoms with Gasteiger partial charge in [0.05, 0.1) is 12.9 Å². The predicted molar refractivity (Wildman–Crippen MR) is 65.8 cm³/mol. The molecule has 1 heterocycles. The van der Waals surface area contributed by atoms with Gasteiger partial charge in [-0.2, -0.15) is 4.98 Å². The van der Waals surface area contributed by atoms with Gasteiger partial charge in [-0.05, 0) is 0 Å². The Hall–Kier alpha value is -1.57. The van der Waals surface area contributed by atoms with Gasteiger partial charge in [0.15, 0.2) is 15.7 Å². The van der Waals surface area contributed by atoms with Crippen LogP contribution in [0.15, 0.2) is 6.33 Å². The number of anilines is 2. The Kier molecular flexibility index (Phi) is 4.50. The minimum atomic E-state index is -3.00. The average molecular weight is 260 g/mol. The molecule has 17 heavy (non-hydrogen) atoms. The summed E-state index contributed by atoms with van der Waals surface area (Å²) in [6.45, 7) is 1.86. The lowest BCUT2D eigenvalue weighted by atomic mass is 10.4. The molecule has 1 aromatic rings. The summed E-state index contributed by atoms with van der Waals surface area (Å²) in [6.07, 6.45) is 1.30. The number of nitrogen functional groups attached to an aromatic ring is 1. The third-order valence-corrected chi connectivity index (χ3v) is 3.89. The van der Waals surface area contributed by atoms with Crippen LogP contribution in [0.4, 0.5) is 11.5 Å². The molecule has 7 nitrogen and oxygen atoms in total. The first kappa shape index (κ1) is 13.5. The quantitative estimate of drug-likeness (QED) is 0.736. The van der Waals surface area contributed by atoms with E-state index in [4.69, 9.17) is 10.5 Å². The van der Waals surface area contributed by atoms with Crippen molar-refractivity contribution >= 4 is 21.3 Å². The fraction of sp³-hybridized carbons (Fsp3) is 0.556. The molecule has 0 aromatic carbocycles. The van der Waals surface area contributed by atoms with E-state index < -0.39 is 9.84 Å². The Morgan fingerprint density at radius 1 is 1.47 bits per heavy atom. The molecule has 1 rings (SSSR count). The number of methoxy groups -OCH3 is 1. The first-order chi connectivity index (χ1) is 8.00. The number of nitrogens with zero attached hydrogens (tertiary/aromatic N) is 2. The lowest BCUT2D eigenvalue weighted by Gasteiger charge is -2.09. The van der Waals surface area contributed by atoms with E-state index in [0.717, 1.165) is 0 Å². The van der Waals surface area contributed by atoms with Gasteiger partial charge < -0.3 is 15.8 Å². The number of nitrogens with two attached hydrogens (primary N) is 1. The van der Waals surface area contributed by atoms with Crippen molar-refractivity contribution in [3.63, 3.8) is 0 Å². The first-order valence-corrected chi connectivity index (χ1v) is 6.91. The van der Waals surface area contributed by atoms with Crippen molar-refractivity contribution in [2.24, 2.45) is 0 Å². The lowest BCUT2D eigenvalue weighted by Crippen LogP contribution is -2.18. The van der Waals surface area contributed by atoms with Crippen molar-refractivity contribution in [3.8, 4) is 5.88 Å². The summed E-state index contributed by atoms with van der Waals surface area (Å²) < 4.78 is 27.5. The van der Waals surface area contributed by atoms with Crippen molar-refractivity contribution in [2.75, 3.05) is 36.2 Å². The summed E-state index contributed by atoms with van der Waals surface area (Å²) in [7, 11) is -1.55. The van der Waals surface area contributed by atoms with Gasteiger partial charge >= 0.3 is 0 Å². The molecule has 0 bridgehead atoms. The zero-order valence-corrected chi connectivity index (χ0v) is 10.6. The van der Waals surface area contributed by atoms with Crippen LogP contribution >= 0.6 is 0 Å². The molecule has 0 aliphatic rings. The summed E-state index contributed by atoms with van der Waals surface area (Å²) in [4.78, 5) is 7.72. The largest absolute Gasteiger partial charge is 0.479 e. The number of ether oxygens (including phenoxy) is 1. The Morgan fingerprint density at radius 2 is 2.18 bits per heavy atom. The maximum atomic E-state index is 11.3. The van der Waals surface area contributed by atoms with Gasteiger partial charge in [-0.15, -0.1) is 0 Å². The van der Waals surface area contributed by atoms with Gasteiger partial charge in [0, 0.05) is 12.3 Å². The predicted octanol–water partition coefficient (Wildman–Crippen LogP) is -0.0860. The van der Waals surface area contributed by atoms with Crippen LogP contribution in [0.2, 0.25) is 0 Å². The Bertz CT molecular complexity index is 475.